The van der Waals surface area contributed by atoms with Crippen LogP contribution in [0.2, 0.25) is 0 Å². The van der Waals surface area contributed by atoms with Gasteiger partial charge in [-0.1, -0.05) is 6.07 Å². The maximum atomic E-state index is 13.8. The number of hydrogen-bond donors (Lipinski definition) is 1. The average molecular weight is 404 g/mol. The second-order valence-corrected chi connectivity index (χ2v) is 9.80. The highest BCUT2D eigenvalue weighted by molar-refractivity contribution is 7.88. The Labute approximate surface area is 158 Å². The highest BCUT2D eigenvalue weighted by Crippen LogP contribution is 2.36. The number of nitrogens with one attached hydrogen (secondary N) is 1. The average Bonchev–Trinajstić information content (AvgIpc) is 2.53. The van der Waals surface area contributed by atoms with Crippen LogP contribution in [0.5, 0.6) is 0 Å². The van der Waals surface area contributed by atoms with Gasteiger partial charge in [-0.2, -0.15) is 0 Å². The Bertz CT molecular complexity index is 798. The third kappa shape index (κ3) is 5.87. The van der Waals surface area contributed by atoms with Crippen LogP contribution in [0.15, 0.2) is 18.2 Å². The molecule has 6 nitrogen and oxygen atoms in total. The Morgan fingerprint density at radius 1 is 1.22 bits per heavy atom. The molecule has 0 saturated carbocycles. The molecule has 1 heterocycles. The number of benzene rings is 1. The fraction of sp³-hybridized carbons (Fsp3) is 0.611. The maximum Gasteiger partial charge on any atom is 0.410 e. The van der Waals surface area contributed by atoms with Crippen LogP contribution in [0.4, 0.5) is 13.6 Å². The standard InChI is InChI=1S/C18H26F2N2O4S/c1-17(2,3)26-16(23)22-9-7-18(8-10-22,12-21-27(4,24)25)13-5-6-14(19)15(20)11-13/h5-6,11,21H,7-10,12H2,1-4H3. The van der Waals surface area contributed by atoms with E-state index < -0.39 is 38.8 Å². The molecule has 152 valence electrons. The van der Waals surface area contributed by atoms with Gasteiger partial charge in [0, 0.05) is 25.0 Å². The molecule has 0 bridgehead atoms. The van der Waals surface area contributed by atoms with Crippen molar-refractivity contribution in [3.63, 3.8) is 0 Å². The highest BCUT2D eigenvalue weighted by Gasteiger charge is 2.39. The molecule has 27 heavy (non-hydrogen) atoms. The zero-order valence-electron chi connectivity index (χ0n) is 16.0. The quantitative estimate of drug-likeness (QED) is 0.837. The molecule has 0 radical (unpaired) electrons. The van der Waals surface area contributed by atoms with E-state index in [4.69, 9.17) is 4.74 Å². The van der Waals surface area contributed by atoms with E-state index in [1.165, 1.54) is 6.07 Å². The SMILES string of the molecule is CC(C)(C)OC(=O)N1CCC(CNS(C)(=O)=O)(c2ccc(F)c(F)c2)CC1. The summed E-state index contributed by atoms with van der Waals surface area (Å²) < 4.78 is 58.1. The van der Waals surface area contributed by atoms with Crippen LogP contribution < -0.4 is 4.72 Å². The van der Waals surface area contributed by atoms with Gasteiger partial charge in [0.25, 0.3) is 0 Å². The van der Waals surface area contributed by atoms with E-state index in [0.29, 0.717) is 31.5 Å². The number of halogens is 2. The Morgan fingerprint density at radius 2 is 1.81 bits per heavy atom. The van der Waals surface area contributed by atoms with E-state index >= 15 is 0 Å². The summed E-state index contributed by atoms with van der Waals surface area (Å²) >= 11 is 0. The van der Waals surface area contributed by atoms with Crippen molar-refractivity contribution >= 4 is 16.1 Å². The normalized spacial score (nSPS) is 17.6. The number of carbonyl (C=O) groups excluding carboxylic acids is 1. The predicted octanol–water partition coefficient (Wildman–Crippen LogP) is 2.78. The van der Waals surface area contributed by atoms with Gasteiger partial charge in [-0.3, -0.25) is 0 Å². The summed E-state index contributed by atoms with van der Waals surface area (Å²) in [5.41, 5.74) is -0.860. The van der Waals surface area contributed by atoms with Crippen molar-refractivity contribution in [1.82, 2.24) is 9.62 Å². The fourth-order valence-corrected chi connectivity index (χ4v) is 3.65. The largest absolute Gasteiger partial charge is 0.444 e. The number of likely N-dealkylation sites (tertiary alicyclic amines) is 1. The minimum atomic E-state index is -3.46. The van der Waals surface area contributed by atoms with Gasteiger partial charge in [-0.25, -0.2) is 26.7 Å². The van der Waals surface area contributed by atoms with Crippen LogP contribution in [0.3, 0.4) is 0 Å². The van der Waals surface area contributed by atoms with E-state index in [2.05, 4.69) is 4.72 Å². The molecule has 1 amide bonds. The van der Waals surface area contributed by atoms with Crippen LogP contribution in [-0.4, -0.2) is 50.9 Å². The number of ether oxygens (including phenoxy) is 1. The molecule has 0 spiro atoms. The summed E-state index contributed by atoms with van der Waals surface area (Å²) in [6.07, 6.45) is 1.37. The first-order valence-corrected chi connectivity index (χ1v) is 10.6. The maximum absolute atomic E-state index is 13.8. The van der Waals surface area contributed by atoms with Crippen molar-refractivity contribution in [1.29, 1.82) is 0 Å². The van der Waals surface area contributed by atoms with Crippen molar-refractivity contribution in [3.05, 3.63) is 35.4 Å². The molecule has 0 aromatic heterocycles. The van der Waals surface area contributed by atoms with Gasteiger partial charge < -0.3 is 9.64 Å². The van der Waals surface area contributed by atoms with Crippen LogP contribution in [-0.2, 0) is 20.2 Å². The Kier molecular flexibility index (Phi) is 6.16. The van der Waals surface area contributed by atoms with E-state index in [0.717, 1.165) is 18.4 Å². The smallest absolute Gasteiger partial charge is 0.410 e. The molecule has 0 aliphatic carbocycles. The predicted molar refractivity (Wildman–Crippen MR) is 97.9 cm³/mol. The van der Waals surface area contributed by atoms with Gasteiger partial charge in [0.2, 0.25) is 10.0 Å². The molecule has 1 aliphatic heterocycles. The number of hydrogen-bond acceptors (Lipinski definition) is 4. The first-order chi connectivity index (χ1) is 12.3. The summed E-state index contributed by atoms with van der Waals surface area (Å²) in [6, 6.07) is 3.60. The molecule has 1 N–H and O–H groups in total. The first-order valence-electron chi connectivity index (χ1n) is 8.69. The number of sulfonamides is 1. The van der Waals surface area contributed by atoms with E-state index in [9.17, 15) is 22.0 Å². The molecule has 1 fully saturated rings. The molecular formula is C18H26F2N2O4S. The Balaban J connectivity index is 2.23. The summed E-state index contributed by atoms with van der Waals surface area (Å²) in [6.45, 7) is 6.00. The van der Waals surface area contributed by atoms with Crippen molar-refractivity contribution < 1.29 is 26.7 Å². The van der Waals surface area contributed by atoms with Gasteiger partial charge in [-0.15, -0.1) is 0 Å². The molecule has 0 atom stereocenters. The Hall–Kier alpha value is -1.74. The zero-order valence-corrected chi connectivity index (χ0v) is 16.8. The molecule has 1 aliphatic rings. The number of nitrogens with zero attached hydrogens (tertiary/aromatic N) is 1. The van der Waals surface area contributed by atoms with Gasteiger partial charge in [0.1, 0.15) is 5.60 Å². The summed E-state index contributed by atoms with van der Waals surface area (Å²) in [4.78, 5) is 13.8. The number of carbonyl (C=O) groups is 1. The molecule has 2 rings (SSSR count). The number of piperidine rings is 1. The lowest BCUT2D eigenvalue weighted by molar-refractivity contribution is 0.0165. The number of rotatable bonds is 4. The van der Waals surface area contributed by atoms with E-state index in [-0.39, 0.29) is 6.54 Å². The minimum Gasteiger partial charge on any atom is -0.444 e. The minimum absolute atomic E-state index is 0.0407. The van der Waals surface area contributed by atoms with Crippen molar-refractivity contribution in [2.45, 2.75) is 44.6 Å². The third-order valence-corrected chi connectivity index (χ3v) is 5.25. The van der Waals surface area contributed by atoms with Crippen LogP contribution in [0, 0.1) is 11.6 Å². The van der Waals surface area contributed by atoms with Crippen molar-refractivity contribution in [2.75, 3.05) is 25.9 Å². The summed E-state index contributed by atoms with van der Waals surface area (Å²) in [5, 5.41) is 0. The van der Waals surface area contributed by atoms with Gasteiger partial charge in [0.05, 0.1) is 6.26 Å². The van der Waals surface area contributed by atoms with Crippen molar-refractivity contribution in [3.8, 4) is 0 Å². The topological polar surface area (TPSA) is 75.7 Å². The van der Waals surface area contributed by atoms with Crippen LogP contribution in [0.25, 0.3) is 0 Å². The van der Waals surface area contributed by atoms with Crippen LogP contribution >= 0.6 is 0 Å². The monoisotopic (exact) mass is 404 g/mol. The first kappa shape index (κ1) is 21.6. The molecule has 0 unspecified atom stereocenters. The lowest BCUT2D eigenvalue weighted by Crippen LogP contribution is -2.51. The molecule has 1 aromatic rings. The second kappa shape index (κ2) is 7.71. The highest BCUT2D eigenvalue weighted by atomic mass is 32.2. The lowest BCUT2D eigenvalue weighted by Gasteiger charge is -2.42. The second-order valence-electron chi connectivity index (χ2n) is 7.97. The zero-order chi connectivity index (χ0) is 20.5. The van der Waals surface area contributed by atoms with Crippen molar-refractivity contribution in [2.24, 2.45) is 0 Å². The molecule has 1 aromatic carbocycles. The van der Waals surface area contributed by atoms with Gasteiger partial charge in [0.15, 0.2) is 11.6 Å². The molecule has 9 heteroatoms. The van der Waals surface area contributed by atoms with Crippen LogP contribution in [0.1, 0.15) is 39.2 Å². The number of amides is 1. The lowest BCUT2D eigenvalue weighted by atomic mass is 9.73. The molecular weight excluding hydrogens is 378 g/mol. The van der Waals surface area contributed by atoms with E-state index in [1.54, 1.807) is 25.7 Å². The van der Waals surface area contributed by atoms with Gasteiger partial charge >= 0.3 is 6.09 Å². The molecule has 1 saturated heterocycles. The van der Waals surface area contributed by atoms with Gasteiger partial charge in [-0.05, 0) is 51.3 Å². The fourth-order valence-electron chi connectivity index (χ4n) is 3.11. The summed E-state index contributed by atoms with van der Waals surface area (Å²) in [5.74, 6) is -1.95. The van der Waals surface area contributed by atoms with E-state index in [1.807, 2.05) is 0 Å². The third-order valence-electron chi connectivity index (χ3n) is 4.58. The summed E-state index contributed by atoms with van der Waals surface area (Å²) in [7, 11) is -3.46. The Morgan fingerprint density at radius 3 is 2.30 bits per heavy atom.